The van der Waals surface area contributed by atoms with Gasteiger partial charge in [0.1, 0.15) is 5.82 Å². The van der Waals surface area contributed by atoms with Crippen molar-refractivity contribution in [2.45, 2.75) is 32.6 Å². The van der Waals surface area contributed by atoms with Crippen LogP contribution < -0.4 is 11.1 Å². The molecule has 19 heavy (non-hydrogen) atoms. The molecule has 0 bridgehead atoms. The number of rotatable bonds is 6. The van der Waals surface area contributed by atoms with Crippen LogP contribution in [0.3, 0.4) is 0 Å². The summed E-state index contributed by atoms with van der Waals surface area (Å²) in [5.74, 6) is 1.08. The Kier molecular flexibility index (Phi) is 4.72. The van der Waals surface area contributed by atoms with Crippen LogP contribution in [0.2, 0.25) is 0 Å². The summed E-state index contributed by atoms with van der Waals surface area (Å²) < 4.78 is 0. The Morgan fingerprint density at radius 3 is 2.63 bits per heavy atom. The predicted molar refractivity (Wildman–Crippen MR) is 79.4 cm³/mol. The number of hydrogen-bond acceptors (Lipinski definition) is 4. The van der Waals surface area contributed by atoms with Crippen LogP contribution in [0.5, 0.6) is 0 Å². The minimum Gasteiger partial charge on any atom is -0.368 e. The Bertz CT molecular complexity index is 511. The van der Waals surface area contributed by atoms with Crippen LogP contribution in [0.1, 0.15) is 31.9 Å². The van der Waals surface area contributed by atoms with Gasteiger partial charge in [-0.05, 0) is 25.0 Å². The molecule has 0 radical (unpaired) electrons. The molecule has 1 aromatic carbocycles. The molecule has 0 fully saturated rings. The quantitative estimate of drug-likeness (QED) is 0.776. The number of unbranched alkanes of at least 4 members (excludes halogenated alkanes) is 2. The van der Waals surface area contributed by atoms with Gasteiger partial charge in [0.05, 0.1) is 0 Å². The fourth-order valence-corrected chi connectivity index (χ4v) is 1.94. The van der Waals surface area contributed by atoms with E-state index in [1.165, 1.54) is 12.8 Å². The van der Waals surface area contributed by atoms with Crippen LogP contribution in [0.15, 0.2) is 36.4 Å². The van der Waals surface area contributed by atoms with Crippen LogP contribution >= 0.6 is 0 Å². The van der Waals surface area contributed by atoms with E-state index in [1.807, 2.05) is 36.4 Å². The maximum Gasteiger partial charge on any atom is 0.222 e. The maximum atomic E-state index is 5.76. The lowest BCUT2D eigenvalue weighted by molar-refractivity contribution is 0.707. The summed E-state index contributed by atoms with van der Waals surface area (Å²) in [5, 5.41) is 3.24. The van der Waals surface area contributed by atoms with E-state index in [0.717, 1.165) is 30.0 Å². The highest BCUT2D eigenvalue weighted by Crippen LogP contribution is 2.16. The van der Waals surface area contributed by atoms with Crippen molar-refractivity contribution in [1.82, 2.24) is 9.97 Å². The topological polar surface area (TPSA) is 63.8 Å². The molecule has 0 spiro atoms. The first-order valence-electron chi connectivity index (χ1n) is 6.73. The number of nitrogen functional groups attached to an aromatic ring is 1. The van der Waals surface area contributed by atoms with Crippen molar-refractivity contribution in [3.63, 3.8) is 0 Å². The molecule has 0 saturated carbocycles. The first kappa shape index (κ1) is 13.3. The SMILES string of the molecule is CCCCCc1cc(Nc2ccccc2)nc(N)n1. The Morgan fingerprint density at radius 1 is 1.11 bits per heavy atom. The number of benzene rings is 1. The molecule has 100 valence electrons. The van der Waals surface area contributed by atoms with Gasteiger partial charge in [-0.1, -0.05) is 38.0 Å². The summed E-state index contributed by atoms with van der Waals surface area (Å²) in [6.07, 6.45) is 4.50. The zero-order valence-electron chi connectivity index (χ0n) is 11.3. The van der Waals surface area contributed by atoms with Gasteiger partial charge in [-0.25, -0.2) is 4.98 Å². The van der Waals surface area contributed by atoms with E-state index in [1.54, 1.807) is 0 Å². The van der Waals surface area contributed by atoms with E-state index < -0.39 is 0 Å². The van der Waals surface area contributed by atoms with Crippen LogP contribution in [0, 0.1) is 0 Å². The molecule has 0 aliphatic carbocycles. The third-order valence-corrected chi connectivity index (χ3v) is 2.88. The van der Waals surface area contributed by atoms with Gasteiger partial charge in [-0.2, -0.15) is 4.98 Å². The van der Waals surface area contributed by atoms with E-state index in [2.05, 4.69) is 22.2 Å². The molecular weight excluding hydrogens is 236 g/mol. The number of aromatic nitrogens is 2. The smallest absolute Gasteiger partial charge is 0.222 e. The van der Waals surface area contributed by atoms with Gasteiger partial charge >= 0.3 is 0 Å². The number of nitrogens with one attached hydrogen (secondary N) is 1. The van der Waals surface area contributed by atoms with Gasteiger partial charge in [0, 0.05) is 17.4 Å². The highest BCUT2D eigenvalue weighted by Gasteiger charge is 2.03. The van der Waals surface area contributed by atoms with Crippen molar-refractivity contribution in [1.29, 1.82) is 0 Å². The van der Waals surface area contributed by atoms with E-state index in [0.29, 0.717) is 5.95 Å². The number of nitrogens with zero attached hydrogens (tertiary/aromatic N) is 2. The standard InChI is InChI=1S/C15H20N4/c1-2-3-5-10-13-11-14(19-15(16)18-13)17-12-8-6-4-7-9-12/h4,6-9,11H,2-3,5,10H2,1H3,(H3,16,17,18,19). The maximum absolute atomic E-state index is 5.76. The number of aryl methyl sites for hydroxylation is 1. The Balaban J connectivity index is 2.08. The summed E-state index contributed by atoms with van der Waals surface area (Å²) in [4.78, 5) is 8.49. The molecular formula is C15H20N4. The first-order valence-corrected chi connectivity index (χ1v) is 6.73. The summed E-state index contributed by atoms with van der Waals surface area (Å²) in [6.45, 7) is 2.19. The fraction of sp³-hybridized carbons (Fsp3) is 0.333. The lowest BCUT2D eigenvalue weighted by Crippen LogP contribution is -2.03. The largest absolute Gasteiger partial charge is 0.368 e. The number of nitrogens with two attached hydrogens (primary N) is 1. The van der Waals surface area contributed by atoms with Crippen molar-refractivity contribution in [3.05, 3.63) is 42.1 Å². The minimum atomic E-state index is 0.326. The lowest BCUT2D eigenvalue weighted by Gasteiger charge is -2.08. The molecule has 3 N–H and O–H groups in total. The molecule has 0 aliphatic rings. The van der Waals surface area contributed by atoms with Crippen molar-refractivity contribution in [2.24, 2.45) is 0 Å². The van der Waals surface area contributed by atoms with Gasteiger partial charge in [0.2, 0.25) is 5.95 Å². The van der Waals surface area contributed by atoms with Gasteiger partial charge in [-0.15, -0.1) is 0 Å². The van der Waals surface area contributed by atoms with Gasteiger partial charge in [-0.3, -0.25) is 0 Å². The van der Waals surface area contributed by atoms with E-state index >= 15 is 0 Å². The molecule has 0 saturated heterocycles. The molecule has 1 aromatic heterocycles. The van der Waals surface area contributed by atoms with E-state index in [9.17, 15) is 0 Å². The summed E-state index contributed by atoms with van der Waals surface area (Å²) in [7, 11) is 0. The molecule has 0 unspecified atom stereocenters. The average molecular weight is 256 g/mol. The third-order valence-electron chi connectivity index (χ3n) is 2.88. The van der Waals surface area contributed by atoms with Crippen LogP contribution in [-0.2, 0) is 6.42 Å². The molecule has 2 rings (SSSR count). The zero-order chi connectivity index (χ0) is 13.5. The average Bonchev–Trinajstić information content (AvgIpc) is 2.39. The van der Waals surface area contributed by atoms with Crippen molar-refractivity contribution in [3.8, 4) is 0 Å². The van der Waals surface area contributed by atoms with Crippen LogP contribution in [-0.4, -0.2) is 9.97 Å². The molecule has 0 aliphatic heterocycles. The van der Waals surface area contributed by atoms with E-state index in [4.69, 9.17) is 5.73 Å². The first-order chi connectivity index (χ1) is 9.28. The fourth-order valence-electron chi connectivity index (χ4n) is 1.94. The number of hydrogen-bond donors (Lipinski definition) is 2. The predicted octanol–water partition coefficient (Wildman–Crippen LogP) is 3.54. The molecule has 0 amide bonds. The van der Waals surface area contributed by atoms with Gasteiger partial charge in [0.15, 0.2) is 0 Å². The summed E-state index contributed by atoms with van der Waals surface area (Å²) in [5.41, 5.74) is 7.75. The lowest BCUT2D eigenvalue weighted by atomic mass is 10.1. The second-order valence-corrected chi connectivity index (χ2v) is 4.55. The monoisotopic (exact) mass is 256 g/mol. The van der Waals surface area contributed by atoms with Gasteiger partial charge in [0.25, 0.3) is 0 Å². The van der Waals surface area contributed by atoms with Crippen LogP contribution in [0.25, 0.3) is 0 Å². The van der Waals surface area contributed by atoms with E-state index in [-0.39, 0.29) is 0 Å². The second kappa shape index (κ2) is 6.73. The molecule has 0 atom stereocenters. The highest BCUT2D eigenvalue weighted by molar-refractivity contribution is 5.56. The minimum absolute atomic E-state index is 0.326. The van der Waals surface area contributed by atoms with Crippen molar-refractivity contribution >= 4 is 17.5 Å². The second-order valence-electron chi connectivity index (χ2n) is 4.55. The zero-order valence-corrected chi connectivity index (χ0v) is 11.3. The van der Waals surface area contributed by atoms with Crippen LogP contribution in [0.4, 0.5) is 17.5 Å². The molecule has 4 nitrogen and oxygen atoms in total. The highest BCUT2D eigenvalue weighted by atomic mass is 15.1. The normalized spacial score (nSPS) is 10.4. The number of anilines is 3. The Hall–Kier alpha value is -2.10. The summed E-state index contributed by atoms with van der Waals surface area (Å²) in [6, 6.07) is 11.9. The summed E-state index contributed by atoms with van der Waals surface area (Å²) >= 11 is 0. The molecule has 1 heterocycles. The Morgan fingerprint density at radius 2 is 1.89 bits per heavy atom. The number of para-hydroxylation sites is 1. The molecule has 2 aromatic rings. The van der Waals surface area contributed by atoms with Crippen molar-refractivity contribution < 1.29 is 0 Å². The molecule has 4 heteroatoms. The van der Waals surface area contributed by atoms with Gasteiger partial charge < -0.3 is 11.1 Å². The Labute approximate surface area is 114 Å². The third kappa shape index (κ3) is 4.25. The van der Waals surface area contributed by atoms with Crippen molar-refractivity contribution in [2.75, 3.05) is 11.1 Å².